The Labute approximate surface area is 145 Å². The van der Waals surface area contributed by atoms with Crippen LogP contribution in [0.2, 0.25) is 0 Å². The van der Waals surface area contributed by atoms with Crippen LogP contribution in [0, 0.1) is 10.1 Å². The molecule has 1 aromatic carbocycles. The van der Waals surface area contributed by atoms with Gasteiger partial charge < -0.3 is 9.73 Å². The third kappa shape index (κ3) is 3.17. The molecular weight excluding hydrogens is 342 g/mol. The lowest BCUT2D eigenvalue weighted by Gasteiger charge is -2.01. The van der Waals surface area contributed by atoms with Gasteiger partial charge in [-0.3, -0.25) is 10.1 Å². The molecule has 4 rings (SSSR count). The van der Waals surface area contributed by atoms with Crippen molar-refractivity contribution < 1.29 is 9.34 Å². The molecule has 4 aromatic rings. The first-order valence-electron chi connectivity index (χ1n) is 7.34. The second-order valence-electron chi connectivity index (χ2n) is 5.13. The van der Waals surface area contributed by atoms with Crippen molar-refractivity contribution in [3.8, 4) is 10.8 Å². The molecule has 3 aromatic heterocycles. The Bertz CT molecular complexity index is 1010. The fraction of sp³-hybridized carbons (Fsp3) is 0.0625. The van der Waals surface area contributed by atoms with Gasteiger partial charge in [-0.25, -0.2) is 15.0 Å². The van der Waals surface area contributed by atoms with E-state index in [2.05, 4.69) is 20.3 Å². The van der Waals surface area contributed by atoms with Gasteiger partial charge in [-0.05, 0) is 24.3 Å². The quantitative estimate of drug-likeness (QED) is 0.429. The van der Waals surface area contributed by atoms with E-state index in [1.54, 1.807) is 11.3 Å². The average Bonchev–Trinajstić information content (AvgIpc) is 3.26. The normalized spacial score (nSPS) is 10.9. The fourth-order valence-electron chi connectivity index (χ4n) is 2.24. The summed E-state index contributed by atoms with van der Waals surface area (Å²) >= 11 is 1.57. The van der Waals surface area contributed by atoms with Crippen LogP contribution in [0.4, 0.5) is 11.6 Å². The van der Waals surface area contributed by atoms with Gasteiger partial charge in [-0.1, -0.05) is 12.1 Å². The predicted molar refractivity (Wildman–Crippen MR) is 93.3 cm³/mol. The summed E-state index contributed by atoms with van der Waals surface area (Å²) in [4.78, 5) is 22.4. The topological polar surface area (TPSA) is 107 Å². The van der Waals surface area contributed by atoms with Gasteiger partial charge in [-0.2, -0.15) is 0 Å². The van der Waals surface area contributed by atoms with E-state index in [1.165, 1.54) is 0 Å². The van der Waals surface area contributed by atoms with Gasteiger partial charge in [0.15, 0.2) is 10.8 Å². The number of benzene rings is 1. The summed E-state index contributed by atoms with van der Waals surface area (Å²) in [6.07, 6.45) is 2.31. The van der Waals surface area contributed by atoms with Gasteiger partial charge in [0.25, 0.3) is 0 Å². The molecule has 9 heteroatoms. The summed E-state index contributed by atoms with van der Waals surface area (Å²) in [6, 6.07) is 11.6. The summed E-state index contributed by atoms with van der Waals surface area (Å²) in [5, 5.41) is 14.4. The zero-order valence-electron chi connectivity index (χ0n) is 12.7. The van der Waals surface area contributed by atoms with Gasteiger partial charge in [0.2, 0.25) is 5.95 Å². The summed E-state index contributed by atoms with van der Waals surface area (Å²) in [6.45, 7) is 0.364. The highest BCUT2D eigenvalue weighted by Crippen LogP contribution is 2.31. The van der Waals surface area contributed by atoms with Gasteiger partial charge >= 0.3 is 5.69 Å². The SMILES string of the molecule is O=[N+]([O-])c1cnc(NCc2ccc(-c3nc4ccccc4s3)o2)nc1. The van der Waals surface area contributed by atoms with E-state index in [-0.39, 0.29) is 5.69 Å². The zero-order chi connectivity index (χ0) is 17.2. The molecule has 0 atom stereocenters. The maximum Gasteiger partial charge on any atom is 0.305 e. The molecule has 0 unspecified atom stereocenters. The Kier molecular flexibility index (Phi) is 3.82. The molecule has 0 spiro atoms. The van der Waals surface area contributed by atoms with Crippen molar-refractivity contribution in [1.29, 1.82) is 0 Å². The van der Waals surface area contributed by atoms with Crippen LogP contribution in [0.3, 0.4) is 0 Å². The summed E-state index contributed by atoms with van der Waals surface area (Å²) in [5.74, 6) is 1.68. The number of para-hydroxylation sites is 1. The first-order chi connectivity index (χ1) is 12.2. The minimum atomic E-state index is -0.541. The molecule has 0 saturated heterocycles. The van der Waals surface area contributed by atoms with Crippen molar-refractivity contribution in [3.63, 3.8) is 0 Å². The summed E-state index contributed by atoms with van der Waals surface area (Å²) < 4.78 is 6.91. The molecule has 0 aliphatic carbocycles. The largest absolute Gasteiger partial charge is 0.457 e. The van der Waals surface area contributed by atoms with Crippen molar-refractivity contribution in [3.05, 3.63) is 64.7 Å². The Morgan fingerprint density at radius 3 is 2.72 bits per heavy atom. The monoisotopic (exact) mass is 353 g/mol. The lowest BCUT2D eigenvalue weighted by atomic mass is 10.3. The number of aromatic nitrogens is 3. The van der Waals surface area contributed by atoms with Crippen molar-refractivity contribution in [1.82, 2.24) is 15.0 Å². The Hall–Kier alpha value is -3.33. The Balaban J connectivity index is 1.46. The number of fused-ring (bicyclic) bond motifs is 1. The minimum absolute atomic E-state index is 0.151. The number of hydrogen-bond acceptors (Lipinski definition) is 8. The maximum atomic E-state index is 10.6. The van der Waals surface area contributed by atoms with Crippen LogP contribution in [-0.4, -0.2) is 19.9 Å². The van der Waals surface area contributed by atoms with Crippen LogP contribution in [0.25, 0.3) is 21.0 Å². The lowest BCUT2D eigenvalue weighted by Crippen LogP contribution is -2.03. The van der Waals surface area contributed by atoms with Gasteiger partial charge in [0.05, 0.1) is 21.7 Å². The fourth-order valence-corrected chi connectivity index (χ4v) is 3.17. The van der Waals surface area contributed by atoms with E-state index in [0.717, 1.165) is 27.6 Å². The van der Waals surface area contributed by atoms with Crippen molar-refractivity contribution >= 4 is 33.2 Å². The second-order valence-corrected chi connectivity index (χ2v) is 6.16. The van der Waals surface area contributed by atoms with Crippen LogP contribution in [0.5, 0.6) is 0 Å². The highest BCUT2D eigenvalue weighted by atomic mass is 32.1. The number of nitrogens with one attached hydrogen (secondary N) is 1. The van der Waals surface area contributed by atoms with Crippen LogP contribution < -0.4 is 5.32 Å². The van der Waals surface area contributed by atoms with E-state index in [1.807, 2.05) is 36.4 Å². The van der Waals surface area contributed by atoms with Gasteiger partial charge in [-0.15, -0.1) is 11.3 Å². The Morgan fingerprint density at radius 2 is 1.96 bits per heavy atom. The van der Waals surface area contributed by atoms with Crippen molar-refractivity contribution in [2.24, 2.45) is 0 Å². The first kappa shape index (κ1) is 15.2. The number of anilines is 1. The number of hydrogen-bond donors (Lipinski definition) is 1. The van der Waals surface area contributed by atoms with E-state index >= 15 is 0 Å². The highest BCUT2D eigenvalue weighted by molar-refractivity contribution is 7.21. The third-order valence-electron chi connectivity index (χ3n) is 3.44. The second kappa shape index (κ2) is 6.29. The van der Waals surface area contributed by atoms with Crippen LogP contribution in [0.1, 0.15) is 5.76 Å². The third-order valence-corrected chi connectivity index (χ3v) is 4.49. The number of nitro groups is 1. The van der Waals surface area contributed by atoms with Crippen LogP contribution >= 0.6 is 11.3 Å². The van der Waals surface area contributed by atoms with E-state index in [9.17, 15) is 10.1 Å². The van der Waals surface area contributed by atoms with Crippen LogP contribution in [0.15, 0.2) is 53.2 Å². The van der Waals surface area contributed by atoms with E-state index < -0.39 is 4.92 Å². The minimum Gasteiger partial charge on any atom is -0.457 e. The molecule has 8 nitrogen and oxygen atoms in total. The lowest BCUT2D eigenvalue weighted by molar-refractivity contribution is -0.385. The molecule has 1 N–H and O–H groups in total. The smallest absolute Gasteiger partial charge is 0.305 e. The molecule has 0 fully saturated rings. The van der Waals surface area contributed by atoms with E-state index in [0.29, 0.717) is 24.0 Å². The van der Waals surface area contributed by atoms with E-state index in [4.69, 9.17) is 4.42 Å². The number of nitrogens with zero attached hydrogens (tertiary/aromatic N) is 4. The molecule has 3 heterocycles. The molecule has 124 valence electrons. The van der Waals surface area contributed by atoms with Crippen LogP contribution in [-0.2, 0) is 6.54 Å². The summed E-state index contributed by atoms with van der Waals surface area (Å²) in [7, 11) is 0. The standard InChI is InChI=1S/C16H11N5O3S/c22-21(23)10-7-17-16(18-8-10)19-9-11-5-6-13(24-11)15-20-12-3-1-2-4-14(12)25-15/h1-8H,9H2,(H,17,18,19). The van der Waals surface area contributed by atoms with Gasteiger partial charge in [0.1, 0.15) is 18.2 Å². The number of furan rings is 1. The average molecular weight is 353 g/mol. The molecular formula is C16H11N5O3S. The molecule has 25 heavy (non-hydrogen) atoms. The number of rotatable bonds is 5. The first-order valence-corrected chi connectivity index (χ1v) is 8.16. The number of thiazole rings is 1. The highest BCUT2D eigenvalue weighted by Gasteiger charge is 2.11. The molecule has 0 bridgehead atoms. The Morgan fingerprint density at radius 1 is 1.16 bits per heavy atom. The molecule has 0 aliphatic rings. The molecule has 0 saturated carbocycles. The van der Waals surface area contributed by atoms with Crippen molar-refractivity contribution in [2.45, 2.75) is 6.54 Å². The zero-order valence-corrected chi connectivity index (χ0v) is 13.6. The predicted octanol–water partition coefficient (Wildman–Crippen LogP) is 3.87. The van der Waals surface area contributed by atoms with Gasteiger partial charge in [0, 0.05) is 0 Å². The molecule has 0 aliphatic heterocycles. The maximum absolute atomic E-state index is 10.6. The molecule has 0 amide bonds. The van der Waals surface area contributed by atoms with Crippen molar-refractivity contribution in [2.75, 3.05) is 5.32 Å². The molecule has 0 radical (unpaired) electrons. The summed E-state index contributed by atoms with van der Waals surface area (Å²) in [5.41, 5.74) is 0.791.